The first-order chi connectivity index (χ1) is 15.6. The van der Waals surface area contributed by atoms with Crippen LogP contribution in [0.5, 0.6) is 0 Å². The molecular formula is C23H21ClN6O2. The van der Waals surface area contributed by atoms with E-state index in [4.69, 9.17) is 11.6 Å². The molecule has 0 spiro atoms. The molecule has 2 aromatic carbocycles. The summed E-state index contributed by atoms with van der Waals surface area (Å²) in [7, 11) is 0. The van der Waals surface area contributed by atoms with Crippen molar-refractivity contribution >= 4 is 28.1 Å². The van der Waals surface area contributed by atoms with Crippen LogP contribution < -0.4 is 16.0 Å². The van der Waals surface area contributed by atoms with Crippen molar-refractivity contribution in [1.82, 2.24) is 24.5 Å². The minimum absolute atomic E-state index is 0.0951. The van der Waals surface area contributed by atoms with Crippen LogP contribution in [0.4, 0.5) is 5.69 Å². The number of benzene rings is 2. The number of para-hydroxylation sites is 1. The zero-order chi connectivity index (χ0) is 22.1. The van der Waals surface area contributed by atoms with Crippen LogP contribution >= 0.6 is 11.6 Å². The minimum Gasteiger partial charge on any atom is -0.366 e. The fourth-order valence-corrected chi connectivity index (χ4v) is 4.19. The van der Waals surface area contributed by atoms with Gasteiger partial charge in [0.05, 0.1) is 35.8 Å². The van der Waals surface area contributed by atoms with Crippen LogP contribution in [0.2, 0.25) is 5.02 Å². The Morgan fingerprint density at radius 3 is 2.31 bits per heavy atom. The Hall–Kier alpha value is -3.49. The molecule has 0 radical (unpaired) electrons. The fraction of sp³-hybridized carbons (Fsp3) is 0.217. The maximum absolute atomic E-state index is 12.8. The highest BCUT2D eigenvalue weighted by atomic mass is 35.5. The first-order valence-corrected chi connectivity index (χ1v) is 10.7. The molecule has 0 amide bonds. The van der Waals surface area contributed by atoms with E-state index < -0.39 is 0 Å². The van der Waals surface area contributed by atoms with E-state index in [-0.39, 0.29) is 16.1 Å². The van der Waals surface area contributed by atoms with Crippen molar-refractivity contribution in [3.63, 3.8) is 0 Å². The fourth-order valence-electron chi connectivity index (χ4n) is 3.95. The number of hydrogen-bond acceptors (Lipinski definition) is 6. The molecule has 1 aliphatic heterocycles. The van der Waals surface area contributed by atoms with Gasteiger partial charge in [-0.1, -0.05) is 48.0 Å². The molecule has 9 heteroatoms. The molecule has 32 heavy (non-hydrogen) atoms. The summed E-state index contributed by atoms with van der Waals surface area (Å²) in [6, 6.07) is 16.7. The monoisotopic (exact) mass is 448 g/mol. The Morgan fingerprint density at radius 2 is 1.53 bits per heavy atom. The number of aromatic nitrogens is 4. The van der Waals surface area contributed by atoms with Crippen molar-refractivity contribution in [3.8, 4) is 5.69 Å². The van der Waals surface area contributed by atoms with Gasteiger partial charge in [-0.15, -0.1) is 0 Å². The molecule has 0 unspecified atom stereocenters. The van der Waals surface area contributed by atoms with Gasteiger partial charge in [0.25, 0.3) is 11.1 Å². The summed E-state index contributed by atoms with van der Waals surface area (Å²) in [5.74, 6) is 0. The Morgan fingerprint density at radius 1 is 0.812 bits per heavy atom. The predicted molar refractivity (Wildman–Crippen MR) is 125 cm³/mol. The van der Waals surface area contributed by atoms with Crippen molar-refractivity contribution in [2.45, 2.75) is 6.67 Å². The number of piperazine rings is 1. The SMILES string of the molecule is O=c1c2ccccc2cnn1CN1CCN(c2cnn(-c3ccccc3)c(=O)c2Cl)CC1. The second-order valence-corrected chi connectivity index (χ2v) is 8.06. The van der Waals surface area contributed by atoms with E-state index in [0.29, 0.717) is 49.6 Å². The van der Waals surface area contributed by atoms with Crippen LogP contribution in [0.25, 0.3) is 16.5 Å². The maximum atomic E-state index is 12.8. The Balaban J connectivity index is 1.30. The third kappa shape index (κ3) is 3.79. The second kappa shape index (κ2) is 8.57. The smallest absolute Gasteiger partial charge is 0.292 e. The third-order valence-electron chi connectivity index (χ3n) is 5.71. The van der Waals surface area contributed by atoms with Gasteiger partial charge in [0.15, 0.2) is 0 Å². The summed E-state index contributed by atoms with van der Waals surface area (Å²) in [6.07, 6.45) is 3.36. The van der Waals surface area contributed by atoms with E-state index >= 15 is 0 Å². The lowest BCUT2D eigenvalue weighted by Crippen LogP contribution is -2.48. The molecule has 2 aromatic heterocycles. The normalized spacial score (nSPS) is 14.7. The van der Waals surface area contributed by atoms with Gasteiger partial charge in [-0.3, -0.25) is 14.5 Å². The van der Waals surface area contributed by atoms with E-state index in [9.17, 15) is 9.59 Å². The maximum Gasteiger partial charge on any atom is 0.292 e. The quantitative estimate of drug-likeness (QED) is 0.477. The molecule has 0 aliphatic carbocycles. The van der Waals surface area contributed by atoms with Gasteiger partial charge in [-0.2, -0.15) is 14.9 Å². The van der Waals surface area contributed by atoms with Crippen molar-refractivity contribution in [3.05, 3.63) is 92.7 Å². The lowest BCUT2D eigenvalue weighted by Gasteiger charge is -2.36. The largest absolute Gasteiger partial charge is 0.366 e. The van der Waals surface area contributed by atoms with Gasteiger partial charge in [0.1, 0.15) is 5.02 Å². The van der Waals surface area contributed by atoms with E-state index in [1.165, 1.54) is 9.36 Å². The summed E-state index contributed by atoms with van der Waals surface area (Å²) in [4.78, 5) is 29.7. The number of fused-ring (bicyclic) bond motifs is 1. The van der Waals surface area contributed by atoms with Gasteiger partial charge in [0, 0.05) is 31.6 Å². The van der Waals surface area contributed by atoms with Crippen molar-refractivity contribution in [2.75, 3.05) is 31.1 Å². The Labute approximate surface area is 188 Å². The molecule has 1 fully saturated rings. The molecule has 0 atom stereocenters. The number of nitrogens with zero attached hydrogens (tertiary/aromatic N) is 6. The number of halogens is 1. The zero-order valence-corrected chi connectivity index (χ0v) is 18.0. The molecule has 1 saturated heterocycles. The Kier molecular flexibility index (Phi) is 5.46. The minimum atomic E-state index is -0.343. The van der Waals surface area contributed by atoms with Crippen LogP contribution in [0.15, 0.2) is 76.6 Å². The predicted octanol–water partition coefficient (Wildman–Crippen LogP) is 2.38. The lowest BCUT2D eigenvalue weighted by molar-refractivity contribution is 0.192. The highest BCUT2D eigenvalue weighted by Gasteiger charge is 2.22. The number of rotatable bonds is 4. The Bertz CT molecular complexity index is 1380. The lowest BCUT2D eigenvalue weighted by atomic mass is 10.2. The van der Waals surface area contributed by atoms with Crippen molar-refractivity contribution < 1.29 is 0 Å². The van der Waals surface area contributed by atoms with Crippen molar-refractivity contribution in [1.29, 1.82) is 0 Å². The molecule has 0 bridgehead atoms. The number of anilines is 1. The molecule has 162 valence electrons. The van der Waals surface area contributed by atoms with Gasteiger partial charge < -0.3 is 4.90 Å². The third-order valence-corrected chi connectivity index (χ3v) is 6.07. The molecule has 0 saturated carbocycles. The highest BCUT2D eigenvalue weighted by molar-refractivity contribution is 6.33. The summed E-state index contributed by atoms with van der Waals surface area (Å²) in [5.41, 5.74) is 0.862. The van der Waals surface area contributed by atoms with Gasteiger partial charge in [-0.25, -0.2) is 4.68 Å². The van der Waals surface area contributed by atoms with Crippen LogP contribution in [-0.4, -0.2) is 50.6 Å². The zero-order valence-electron chi connectivity index (χ0n) is 17.3. The summed E-state index contributed by atoms with van der Waals surface area (Å²) in [5, 5.41) is 10.3. The first-order valence-electron chi connectivity index (χ1n) is 10.4. The highest BCUT2D eigenvalue weighted by Crippen LogP contribution is 2.23. The van der Waals surface area contributed by atoms with Crippen molar-refractivity contribution in [2.24, 2.45) is 0 Å². The molecular weight excluding hydrogens is 428 g/mol. The standard InChI is InChI=1S/C23H21ClN6O2/c24-21-20(15-26-30(23(21)32)18-7-2-1-3-8-18)28-12-10-27(11-13-28)16-29-22(31)19-9-5-4-6-17(19)14-25-29/h1-9,14-15H,10-13,16H2. The average Bonchev–Trinajstić information content (AvgIpc) is 2.84. The van der Waals surface area contributed by atoms with E-state index in [0.717, 1.165) is 5.39 Å². The van der Waals surface area contributed by atoms with Crippen LogP contribution in [0.3, 0.4) is 0 Å². The van der Waals surface area contributed by atoms with Gasteiger partial charge in [0.2, 0.25) is 0 Å². The molecule has 0 N–H and O–H groups in total. The average molecular weight is 449 g/mol. The second-order valence-electron chi connectivity index (χ2n) is 7.68. The topological polar surface area (TPSA) is 76.3 Å². The summed E-state index contributed by atoms with van der Waals surface area (Å²) >= 11 is 6.44. The van der Waals surface area contributed by atoms with E-state index in [1.54, 1.807) is 12.4 Å². The number of hydrogen-bond donors (Lipinski definition) is 0. The molecule has 3 heterocycles. The van der Waals surface area contributed by atoms with Gasteiger partial charge in [-0.05, 0) is 18.2 Å². The first kappa shape index (κ1) is 20.4. The molecule has 8 nitrogen and oxygen atoms in total. The van der Waals surface area contributed by atoms with E-state index in [1.807, 2.05) is 54.6 Å². The molecule has 1 aliphatic rings. The molecule has 5 rings (SSSR count). The van der Waals surface area contributed by atoms with E-state index in [2.05, 4.69) is 20.0 Å². The van der Waals surface area contributed by atoms with Crippen LogP contribution in [0, 0.1) is 0 Å². The summed E-state index contributed by atoms with van der Waals surface area (Å²) < 4.78 is 2.80. The van der Waals surface area contributed by atoms with Gasteiger partial charge >= 0.3 is 0 Å². The molecule has 4 aromatic rings. The van der Waals surface area contributed by atoms with Crippen LogP contribution in [0.1, 0.15) is 0 Å². The van der Waals surface area contributed by atoms with Crippen LogP contribution in [-0.2, 0) is 6.67 Å². The summed E-state index contributed by atoms with van der Waals surface area (Å²) in [6.45, 7) is 3.16.